The van der Waals surface area contributed by atoms with Crippen LogP contribution in [0.2, 0.25) is 0 Å². The summed E-state index contributed by atoms with van der Waals surface area (Å²) in [5, 5.41) is 0. The zero-order chi connectivity index (χ0) is 0. The first-order valence-electron chi connectivity index (χ1n) is 0. The molecule has 0 saturated carbocycles. The molecule has 0 amide bonds. The van der Waals surface area contributed by atoms with Gasteiger partial charge in [-0.25, -0.2) is 0 Å². The second kappa shape index (κ2) is 16.6. The summed E-state index contributed by atoms with van der Waals surface area (Å²) in [6.45, 7) is 0. The van der Waals surface area contributed by atoms with E-state index in [2.05, 4.69) is 0 Å². The molecule has 0 aliphatic carbocycles. The Balaban J connectivity index is 0. The first kappa shape index (κ1) is 22.5. The molecule has 0 aromatic rings. The minimum atomic E-state index is 0. The zero-order valence-electron chi connectivity index (χ0n) is 6.45. The molecular weight excluding hydrogens is 608 g/mol. The maximum Gasteiger partial charge on any atom is 1.00 e. The Labute approximate surface area is 227 Å². The van der Waals surface area contributed by atoms with Gasteiger partial charge in [-0.15, -0.1) is 0 Å². The van der Waals surface area contributed by atoms with Crippen molar-refractivity contribution >= 4 is 26.2 Å². The number of hydrogen-bond acceptors (Lipinski definition) is 0. The fourth-order valence-corrected chi connectivity index (χ4v) is 0. The molecule has 11 valence electrons. The predicted molar refractivity (Wildman–Crippen MR) is 9.09 cm³/mol. The summed E-state index contributed by atoms with van der Waals surface area (Å²) < 4.78 is 0. The Bertz CT molecular complexity index is 10.1. The van der Waals surface area contributed by atoms with Crippen molar-refractivity contribution in [3.8, 4) is 0 Å². The standard InChI is InChI=1S/Bi.3Cs.3H/q;3*+1;3*-1. The van der Waals surface area contributed by atoms with E-state index < -0.39 is 0 Å². The molecule has 0 aromatic heterocycles. The van der Waals surface area contributed by atoms with E-state index in [9.17, 15) is 0 Å². The second-order valence-electron chi connectivity index (χ2n) is 0. The molecule has 4 heteroatoms. The largest absolute Gasteiger partial charge is 1.00 e. The Morgan fingerprint density at radius 2 is 0.750 bits per heavy atom. The first-order chi connectivity index (χ1) is 0. The predicted octanol–water partition coefficient (Wildman–Crippen LogP) is -9.03. The van der Waals surface area contributed by atoms with Crippen LogP contribution in [-0.2, 0) is 0 Å². The van der Waals surface area contributed by atoms with Gasteiger partial charge in [-0.3, -0.25) is 0 Å². The van der Waals surface area contributed by atoms with Crippen LogP contribution < -0.4 is 207 Å². The van der Waals surface area contributed by atoms with E-state index in [1.807, 2.05) is 0 Å². The fraction of sp³-hybridized carbons (Fsp3) is 0. The summed E-state index contributed by atoms with van der Waals surface area (Å²) in [6.07, 6.45) is 0. The van der Waals surface area contributed by atoms with Crippen molar-refractivity contribution in [1.29, 1.82) is 0 Å². The average molecular weight is 611 g/mol. The van der Waals surface area contributed by atoms with Gasteiger partial charge in [0.2, 0.25) is 0 Å². The van der Waals surface area contributed by atoms with Gasteiger partial charge in [0.1, 0.15) is 0 Å². The van der Waals surface area contributed by atoms with E-state index in [0.29, 0.717) is 0 Å². The summed E-state index contributed by atoms with van der Waals surface area (Å²) in [5.74, 6) is 0. The monoisotopic (exact) mass is 611 g/mol. The molecule has 0 heterocycles. The molecule has 0 unspecified atom stereocenters. The molecule has 0 saturated heterocycles. The van der Waals surface area contributed by atoms with E-state index in [1.54, 1.807) is 0 Å². The molecule has 0 spiro atoms. The van der Waals surface area contributed by atoms with Crippen LogP contribution in [0.1, 0.15) is 4.28 Å². The summed E-state index contributed by atoms with van der Waals surface area (Å²) >= 11 is 0. The molecule has 0 rings (SSSR count). The molecule has 0 bridgehead atoms. The van der Waals surface area contributed by atoms with E-state index in [4.69, 9.17) is 0 Å². The van der Waals surface area contributed by atoms with Crippen LogP contribution in [0.15, 0.2) is 0 Å². The van der Waals surface area contributed by atoms with Crippen LogP contribution in [-0.4, -0.2) is 26.2 Å². The Kier molecular flexibility index (Phi) is 92.9. The molecular formula is H3BiCs3. The van der Waals surface area contributed by atoms with Gasteiger partial charge in [-0.05, 0) is 0 Å². The quantitative estimate of drug-likeness (QED) is 0.239. The summed E-state index contributed by atoms with van der Waals surface area (Å²) in [4.78, 5) is 0. The van der Waals surface area contributed by atoms with Gasteiger partial charge >= 0.3 is 207 Å². The smallest absolute Gasteiger partial charge is 1.00 e. The van der Waals surface area contributed by atoms with E-state index in [0.717, 1.165) is 0 Å². The summed E-state index contributed by atoms with van der Waals surface area (Å²) in [7, 11) is 0. The minimum Gasteiger partial charge on any atom is -1.00 e. The van der Waals surface area contributed by atoms with Gasteiger partial charge in [0.15, 0.2) is 0 Å². The summed E-state index contributed by atoms with van der Waals surface area (Å²) in [5.41, 5.74) is 0. The van der Waals surface area contributed by atoms with Crippen LogP contribution in [0.25, 0.3) is 0 Å². The minimum absolute atomic E-state index is 0. The van der Waals surface area contributed by atoms with E-state index in [-0.39, 0.29) is 237 Å². The van der Waals surface area contributed by atoms with Crippen LogP contribution >= 0.6 is 0 Å². The Morgan fingerprint density at radius 3 is 0.750 bits per heavy atom. The zero-order valence-corrected chi connectivity index (χ0v) is 25.8. The van der Waals surface area contributed by atoms with Crippen molar-refractivity contribution in [3.05, 3.63) is 0 Å². The molecule has 0 aliphatic rings. The second-order valence-corrected chi connectivity index (χ2v) is 0. The number of rotatable bonds is 0. The van der Waals surface area contributed by atoms with E-state index >= 15 is 0 Å². The van der Waals surface area contributed by atoms with Gasteiger partial charge < -0.3 is 4.28 Å². The SMILES string of the molecule is [Bi].[Cs+].[Cs+].[Cs+].[H-].[H-].[H-]. The van der Waals surface area contributed by atoms with Crippen LogP contribution in [0.5, 0.6) is 0 Å². The third-order valence-electron chi connectivity index (χ3n) is 0. The van der Waals surface area contributed by atoms with Crippen LogP contribution in [0.4, 0.5) is 0 Å². The van der Waals surface area contributed by atoms with Gasteiger partial charge in [-0.2, -0.15) is 0 Å². The van der Waals surface area contributed by atoms with Crippen molar-refractivity contribution in [3.63, 3.8) is 0 Å². The normalized spacial score (nSPS) is 0. The number of hydrogen-bond donors (Lipinski definition) is 0. The Morgan fingerprint density at radius 1 is 0.750 bits per heavy atom. The first-order valence-corrected chi connectivity index (χ1v) is 0. The van der Waals surface area contributed by atoms with Crippen molar-refractivity contribution in [1.82, 2.24) is 0 Å². The van der Waals surface area contributed by atoms with E-state index in [1.165, 1.54) is 0 Å². The third-order valence-corrected chi connectivity index (χ3v) is 0. The molecule has 0 N–H and O–H groups in total. The van der Waals surface area contributed by atoms with Gasteiger partial charge in [0, 0.05) is 26.2 Å². The topological polar surface area (TPSA) is 0 Å². The average Bonchev–Trinajstić information content (AvgIpc) is 0. The molecule has 0 aliphatic heterocycles. The van der Waals surface area contributed by atoms with Crippen LogP contribution in [0.3, 0.4) is 0 Å². The summed E-state index contributed by atoms with van der Waals surface area (Å²) in [6, 6.07) is 0. The van der Waals surface area contributed by atoms with Gasteiger partial charge in [0.25, 0.3) is 0 Å². The Hall–Kier alpha value is 7.04. The van der Waals surface area contributed by atoms with Crippen LogP contribution in [0, 0.1) is 0 Å². The van der Waals surface area contributed by atoms with Crippen molar-refractivity contribution in [2.75, 3.05) is 0 Å². The molecule has 0 nitrogen and oxygen atoms in total. The van der Waals surface area contributed by atoms with Gasteiger partial charge in [0.05, 0.1) is 0 Å². The fourth-order valence-electron chi connectivity index (χ4n) is 0. The maximum atomic E-state index is 0. The van der Waals surface area contributed by atoms with Gasteiger partial charge in [-0.1, -0.05) is 0 Å². The third kappa shape index (κ3) is 11.8. The van der Waals surface area contributed by atoms with Crippen molar-refractivity contribution in [2.45, 2.75) is 0 Å². The molecule has 3 radical (unpaired) electrons. The van der Waals surface area contributed by atoms with Crippen molar-refractivity contribution < 1.29 is 211 Å². The molecule has 4 heavy (non-hydrogen) atoms. The van der Waals surface area contributed by atoms with Crippen molar-refractivity contribution in [2.24, 2.45) is 0 Å². The molecule has 0 fully saturated rings. The molecule has 0 atom stereocenters. The molecule has 0 aromatic carbocycles. The maximum absolute atomic E-state index is 0.